The Morgan fingerprint density at radius 1 is 1.22 bits per heavy atom. The van der Waals surface area contributed by atoms with Crippen molar-refractivity contribution in [1.82, 2.24) is 10.2 Å². The summed E-state index contributed by atoms with van der Waals surface area (Å²) in [6.45, 7) is 8.97. The molecule has 106 valence electrons. The van der Waals surface area contributed by atoms with Crippen LogP contribution in [0.5, 0.6) is 0 Å². The number of rotatable bonds is 6. The largest absolute Gasteiger partial charge is 0.375 e. The standard InChI is InChI=1S/C15H30N2O/c1-13(2)16-9-5-6-10-17-11-12-18-15-8-4-3-7-14(15)17/h13-16H,3-12H2,1-2H3. The number of unbranched alkanes of at least 4 members (excludes halogenated alkanes) is 1. The van der Waals surface area contributed by atoms with Crippen LogP contribution in [-0.4, -0.2) is 49.3 Å². The second kappa shape index (κ2) is 7.46. The molecule has 0 amide bonds. The zero-order chi connectivity index (χ0) is 12.8. The van der Waals surface area contributed by atoms with Crippen LogP contribution in [0.1, 0.15) is 52.4 Å². The van der Waals surface area contributed by atoms with Gasteiger partial charge in [0, 0.05) is 18.6 Å². The fourth-order valence-corrected chi connectivity index (χ4v) is 3.28. The molecule has 1 heterocycles. The van der Waals surface area contributed by atoms with Gasteiger partial charge in [0.05, 0.1) is 12.7 Å². The third-order valence-corrected chi connectivity index (χ3v) is 4.27. The SMILES string of the molecule is CC(C)NCCCCN1CCOC2CCCCC21. The molecule has 0 bridgehead atoms. The number of hydrogen-bond donors (Lipinski definition) is 1. The highest BCUT2D eigenvalue weighted by Crippen LogP contribution is 2.28. The summed E-state index contributed by atoms with van der Waals surface area (Å²) in [5.74, 6) is 0. The summed E-state index contributed by atoms with van der Waals surface area (Å²) in [6.07, 6.45) is 8.57. The lowest BCUT2D eigenvalue weighted by Gasteiger charge is -2.44. The predicted molar refractivity (Wildman–Crippen MR) is 75.9 cm³/mol. The summed E-state index contributed by atoms with van der Waals surface area (Å²) in [6, 6.07) is 1.35. The van der Waals surface area contributed by atoms with Gasteiger partial charge in [-0.05, 0) is 38.8 Å². The molecule has 2 atom stereocenters. The molecule has 0 aromatic rings. The molecule has 1 aliphatic carbocycles. The first-order valence-electron chi connectivity index (χ1n) is 7.86. The van der Waals surface area contributed by atoms with Crippen LogP contribution in [0.15, 0.2) is 0 Å². The molecule has 0 aromatic heterocycles. The Balaban J connectivity index is 1.65. The van der Waals surface area contributed by atoms with Crippen molar-refractivity contribution in [2.45, 2.75) is 70.6 Å². The molecule has 3 nitrogen and oxygen atoms in total. The molecule has 1 saturated carbocycles. The minimum absolute atomic E-state index is 0.543. The topological polar surface area (TPSA) is 24.5 Å². The second-order valence-corrected chi connectivity index (χ2v) is 6.11. The summed E-state index contributed by atoms with van der Waals surface area (Å²) in [5.41, 5.74) is 0. The van der Waals surface area contributed by atoms with E-state index in [4.69, 9.17) is 4.74 Å². The maximum Gasteiger partial charge on any atom is 0.0730 e. The first kappa shape index (κ1) is 14.3. The van der Waals surface area contributed by atoms with E-state index in [9.17, 15) is 0 Å². The van der Waals surface area contributed by atoms with Crippen molar-refractivity contribution < 1.29 is 4.74 Å². The number of nitrogens with one attached hydrogen (secondary N) is 1. The molecule has 0 aromatic carbocycles. The molecule has 0 spiro atoms. The summed E-state index contributed by atoms with van der Waals surface area (Å²) in [7, 11) is 0. The van der Waals surface area contributed by atoms with Crippen LogP contribution in [0.2, 0.25) is 0 Å². The highest BCUT2D eigenvalue weighted by Gasteiger charge is 2.33. The van der Waals surface area contributed by atoms with Gasteiger partial charge in [-0.3, -0.25) is 4.90 Å². The zero-order valence-corrected chi connectivity index (χ0v) is 12.2. The van der Waals surface area contributed by atoms with Gasteiger partial charge in [-0.1, -0.05) is 26.7 Å². The van der Waals surface area contributed by atoms with E-state index in [1.54, 1.807) is 0 Å². The fourth-order valence-electron chi connectivity index (χ4n) is 3.28. The fraction of sp³-hybridized carbons (Fsp3) is 1.00. The Kier molecular flexibility index (Phi) is 5.93. The van der Waals surface area contributed by atoms with Crippen molar-refractivity contribution in [3.05, 3.63) is 0 Å². The molecule has 2 rings (SSSR count). The number of hydrogen-bond acceptors (Lipinski definition) is 3. The molecule has 1 N–H and O–H groups in total. The molecule has 2 fully saturated rings. The molecule has 0 radical (unpaired) electrons. The van der Waals surface area contributed by atoms with E-state index in [0.29, 0.717) is 12.1 Å². The molecule has 3 heteroatoms. The normalized spacial score (nSPS) is 29.5. The highest BCUT2D eigenvalue weighted by molar-refractivity contribution is 4.87. The average Bonchev–Trinajstić information content (AvgIpc) is 2.38. The maximum atomic E-state index is 5.92. The van der Waals surface area contributed by atoms with Crippen LogP contribution in [-0.2, 0) is 4.74 Å². The van der Waals surface area contributed by atoms with Gasteiger partial charge in [0.1, 0.15) is 0 Å². The number of fused-ring (bicyclic) bond motifs is 1. The molecule has 2 unspecified atom stereocenters. The Morgan fingerprint density at radius 3 is 2.89 bits per heavy atom. The lowest BCUT2D eigenvalue weighted by Crippen LogP contribution is -2.52. The van der Waals surface area contributed by atoms with E-state index in [0.717, 1.165) is 25.7 Å². The van der Waals surface area contributed by atoms with Crippen LogP contribution in [0.4, 0.5) is 0 Å². The van der Waals surface area contributed by atoms with Gasteiger partial charge in [0.2, 0.25) is 0 Å². The van der Waals surface area contributed by atoms with E-state index in [1.807, 2.05) is 0 Å². The van der Waals surface area contributed by atoms with Crippen molar-refractivity contribution >= 4 is 0 Å². The van der Waals surface area contributed by atoms with Gasteiger partial charge in [-0.15, -0.1) is 0 Å². The third kappa shape index (κ3) is 4.22. The lowest BCUT2D eigenvalue weighted by molar-refractivity contribution is -0.0882. The molecule has 18 heavy (non-hydrogen) atoms. The summed E-state index contributed by atoms with van der Waals surface area (Å²) >= 11 is 0. The van der Waals surface area contributed by atoms with Crippen molar-refractivity contribution in [3.8, 4) is 0 Å². The van der Waals surface area contributed by atoms with E-state index in [2.05, 4.69) is 24.1 Å². The number of ether oxygens (including phenoxy) is 1. The molecular formula is C15H30N2O. The first-order valence-corrected chi connectivity index (χ1v) is 7.86. The van der Waals surface area contributed by atoms with Crippen LogP contribution < -0.4 is 5.32 Å². The minimum atomic E-state index is 0.543. The van der Waals surface area contributed by atoms with Gasteiger partial charge in [0.15, 0.2) is 0 Å². The molecule has 1 aliphatic heterocycles. The van der Waals surface area contributed by atoms with Gasteiger partial charge in [0.25, 0.3) is 0 Å². The van der Waals surface area contributed by atoms with Gasteiger partial charge < -0.3 is 10.1 Å². The zero-order valence-electron chi connectivity index (χ0n) is 12.2. The molecule has 2 aliphatic rings. The predicted octanol–water partition coefficient (Wildman–Crippen LogP) is 2.41. The Bertz CT molecular complexity index is 231. The highest BCUT2D eigenvalue weighted by atomic mass is 16.5. The Morgan fingerprint density at radius 2 is 2.06 bits per heavy atom. The van der Waals surface area contributed by atoms with Crippen LogP contribution in [0.3, 0.4) is 0 Å². The van der Waals surface area contributed by atoms with E-state index < -0.39 is 0 Å². The van der Waals surface area contributed by atoms with Gasteiger partial charge in [-0.2, -0.15) is 0 Å². The van der Waals surface area contributed by atoms with Crippen molar-refractivity contribution in [3.63, 3.8) is 0 Å². The van der Waals surface area contributed by atoms with Crippen molar-refractivity contribution in [1.29, 1.82) is 0 Å². The minimum Gasteiger partial charge on any atom is -0.375 e. The van der Waals surface area contributed by atoms with Crippen molar-refractivity contribution in [2.24, 2.45) is 0 Å². The van der Waals surface area contributed by atoms with Crippen molar-refractivity contribution in [2.75, 3.05) is 26.2 Å². The first-order chi connectivity index (χ1) is 8.77. The summed E-state index contributed by atoms with van der Waals surface area (Å²) in [4.78, 5) is 2.70. The number of nitrogens with zero attached hydrogens (tertiary/aromatic N) is 1. The van der Waals surface area contributed by atoms with E-state index >= 15 is 0 Å². The number of morpholine rings is 1. The maximum absolute atomic E-state index is 5.92. The Hall–Kier alpha value is -0.120. The molecular weight excluding hydrogens is 224 g/mol. The third-order valence-electron chi connectivity index (χ3n) is 4.27. The van der Waals surface area contributed by atoms with Crippen LogP contribution >= 0.6 is 0 Å². The van der Waals surface area contributed by atoms with E-state index in [1.165, 1.54) is 45.1 Å². The smallest absolute Gasteiger partial charge is 0.0730 e. The van der Waals surface area contributed by atoms with Crippen LogP contribution in [0.25, 0.3) is 0 Å². The summed E-state index contributed by atoms with van der Waals surface area (Å²) < 4.78 is 5.92. The van der Waals surface area contributed by atoms with Gasteiger partial charge >= 0.3 is 0 Å². The monoisotopic (exact) mass is 254 g/mol. The molecule has 1 saturated heterocycles. The quantitative estimate of drug-likeness (QED) is 0.737. The Labute approximate surface area is 112 Å². The lowest BCUT2D eigenvalue weighted by atomic mass is 9.90. The second-order valence-electron chi connectivity index (χ2n) is 6.11. The summed E-state index contributed by atoms with van der Waals surface area (Å²) in [5, 5.41) is 3.50. The average molecular weight is 254 g/mol. The van der Waals surface area contributed by atoms with Crippen LogP contribution in [0, 0.1) is 0 Å². The van der Waals surface area contributed by atoms with Gasteiger partial charge in [-0.25, -0.2) is 0 Å². The van der Waals surface area contributed by atoms with E-state index in [-0.39, 0.29) is 0 Å².